The van der Waals surface area contributed by atoms with Crippen molar-refractivity contribution in [2.24, 2.45) is 11.7 Å². The predicted molar refractivity (Wildman–Crippen MR) is 60.6 cm³/mol. The summed E-state index contributed by atoms with van der Waals surface area (Å²) in [6, 6.07) is 0. The normalized spacial score (nSPS) is 26.6. The number of hydrogen-bond donors (Lipinski definition) is 1. The Morgan fingerprint density at radius 1 is 1.36 bits per heavy atom. The fraction of sp³-hybridized carbons (Fsp3) is 0.385. The molecule has 0 aromatic heterocycles. The Balaban J connectivity index is 2.34. The summed E-state index contributed by atoms with van der Waals surface area (Å²) in [5.41, 5.74) is 9.77. The van der Waals surface area contributed by atoms with E-state index < -0.39 is 0 Å². The maximum absolute atomic E-state index is 6.04. The third-order valence-electron chi connectivity index (χ3n) is 2.95. The van der Waals surface area contributed by atoms with Gasteiger partial charge in [0.05, 0.1) is 0 Å². The van der Waals surface area contributed by atoms with Crippen molar-refractivity contribution in [3.63, 3.8) is 0 Å². The lowest BCUT2D eigenvalue weighted by atomic mass is 9.85. The summed E-state index contributed by atoms with van der Waals surface area (Å²) < 4.78 is 0. The second-order valence-electron chi connectivity index (χ2n) is 4.07. The van der Waals surface area contributed by atoms with Gasteiger partial charge in [0, 0.05) is 5.70 Å². The Bertz CT molecular complexity index is 342. The second kappa shape index (κ2) is 3.87. The molecule has 0 saturated heterocycles. The molecule has 2 aliphatic carbocycles. The molecule has 2 N–H and O–H groups in total. The smallest absolute Gasteiger partial charge is 0.0160 e. The van der Waals surface area contributed by atoms with Crippen LogP contribution in [0, 0.1) is 5.92 Å². The molecule has 0 fully saturated rings. The first-order chi connectivity index (χ1) is 6.79. The highest BCUT2D eigenvalue weighted by Gasteiger charge is 2.16. The van der Waals surface area contributed by atoms with E-state index in [2.05, 4.69) is 37.3 Å². The van der Waals surface area contributed by atoms with Crippen molar-refractivity contribution in [2.45, 2.75) is 26.2 Å². The van der Waals surface area contributed by atoms with Crippen molar-refractivity contribution in [3.8, 4) is 0 Å². The van der Waals surface area contributed by atoms with Crippen LogP contribution in [-0.2, 0) is 0 Å². The van der Waals surface area contributed by atoms with E-state index >= 15 is 0 Å². The molecular formula is C13H17N. The monoisotopic (exact) mass is 187 g/mol. The topological polar surface area (TPSA) is 26.0 Å². The Kier molecular flexibility index (Phi) is 2.58. The lowest BCUT2D eigenvalue weighted by Gasteiger charge is -2.22. The predicted octanol–water partition coefficient (Wildman–Crippen LogP) is 3.07. The van der Waals surface area contributed by atoms with Gasteiger partial charge >= 0.3 is 0 Å². The summed E-state index contributed by atoms with van der Waals surface area (Å²) in [5, 5.41) is 0. The van der Waals surface area contributed by atoms with Gasteiger partial charge in [-0.1, -0.05) is 37.3 Å². The van der Waals surface area contributed by atoms with Crippen molar-refractivity contribution >= 4 is 0 Å². The first kappa shape index (κ1) is 9.32. The summed E-state index contributed by atoms with van der Waals surface area (Å²) in [4.78, 5) is 0. The molecule has 0 aromatic rings. The van der Waals surface area contributed by atoms with Crippen LogP contribution in [0.3, 0.4) is 0 Å². The van der Waals surface area contributed by atoms with E-state index in [4.69, 9.17) is 5.73 Å². The molecule has 0 spiro atoms. The van der Waals surface area contributed by atoms with Gasteiger partial charge in [-0.25, -0.2) is 0 Å². The van der Waals surface area contributed by atoms with Crippen LogP contribution >= 0.6 is 0 Å². The SMILES string of the molecule is CC1CC=CC=C1C1=C(N)CCC=C1. The van der Waals surface area contributed by atoms with E-state index in [9.17, 15) is 0 Å². The van der Waals surface area contributed by atoms with Gasteiger partial charge < -0.3 is 5.73 Å². The first-order valence-electron chi connectivity index (χ1n) is 5.31. The van der Waals surface area contributed by atoms with Gasteiger partial charge in [-0.05, 0) is 36.3 Å². The minimum Gasteiger partial charge on any atom is -0.402 e. The van der Waals surface area contributed by atoms with E-state index in [0.717, 1.165) is 25.0 Å². The van der Waals surface area contributed by atoms with Crippen molar-refractivity contribution in [1.82, 2.24) is 0 Å². The third kappa shape index (κ3) is 1.67. The number of hydrogen-bond acceptors (Lipinski definition) is 1. The largest absolute Gasteiger partial charge is 0.402 e. The molecule has 0 aliphatic heterocycles. The molecule has 1 atom stereocenters. The average molecular weight is 187 g/mol. The highest BCUT2D eigenvalue weighted by Crippen LogP contribution is 2.30. The molecule has 1 nitrogen and oxygen atoms in total. The van der Waals surface area contributed by atoms with Gasteiger partial charge in [-0.3, -0.25) is 0 Å². The zero-order valence-electron chi connectivity index (χ0n) is 8.66. The van der Waals surface area contributed by atoms with Crippen LogP contribution in [0.5, 0.6) is 0 Å². The average Bonchev–Trinajstić information content (AvgIpc) is 2.20. The van der Waals surface area contributed by atoms with Crippen LogP contribution in [0.15, 0.2) is 47.2 Å². The fourth-order valence-electron chi connectivity index (χ4n) is 2.06. The Labute approximate surface area is 85.7 Å². The van der Waals surface area contributed by atoms with Gasteiger partial charge in [0.25, 0.3) is 0 Å². The molecule has 0 amide bonds. The molecule has 2 aliphatic rings. The van der Waals surface area contributed by atoms with E-state index in [1.807, 2.05) is 0 Å². The molecule has 1 unspecified atom stereocenters. The molecule has 0 aromatic carbocycles. The molecule has 0 heterocycles. The highest BCUT2D eigenvalue weighted by molar-refractivity contribution is 5.48. The summed E-state index contributed by atoms with van der Waals surface area (Å²) in [5.74, 6) is 0.608. The summed E-state index contributed by atoms with van der Waals surface area (Å²) in [6.07, 6.45) is 14.2. The number of rotatable bonds is 1. The molecule has 0 bridgehead atoms. The molecule has 74 valence electrons. The summed E-state index contributed by atoms with van der Waals surface area (Å²) >= 11 is 0. The van der Waals surface area contributed by atoms with Crippen LogP contribution in [0.25, 0.3) is 0 Å². The number of allylic oxidation sites excluding steroid dienone is 8. The second-order valence-corrected chi connectivity index (χ2v) is 4.07. The third-order valence-corrected chi connectivity index (χ3v) is 2.95. The zero-order chi connectivity index (χ0) is 9.97. The van der Waals surface area contributed by atoms with Crippen LogP contribution in [-0.4, -0.2) is 0 Å². The minimum atomic E-state index is 0.608. The van der Waals surface area contributed by atoms with Crippen LogP contribution in [0.4, 0.5) is 0 Å². The van der Waals surface area contributed by atoms with E-state index in [0.29, 0.717) is 5.92 Å². The Morgan fingerprint density at radius 2 is 2.21 bits per heavy atom. The maximum Gasteiger partial charge on any atom is 0.0160 e. The van der Waals surface area contributed by atoms with E-state index in [-0.39, 0.29) is 0 Å². The fourth-order valence-corrected chi connectivity index (χ4v) is 2.06. The van der Waals surface area contributed by atoms with Crippen molar-refractivity contribution in [2.75, 3.05) is 0 Å². The standard InChI is InChI=1S/C13H17N/c1-10-6-2-3-7-11(10)12-8-4-5-9-13(12)14/h2-4,7-8,10H,5-6,9,14H2,1H3. The Hall–Kier alpha value is -1.24. The van der Waals surface area contributed by atoms with E-state index in [1.165, 1.54) is 11.1 Å². The van der Waals surface area contributed by atoms with Gasteiger partial charge in [-0.2, -0.15) is 0 Å². The van der Waals surface area contributed by atoms with Crippen molar-refractivity contribution in [3.05, 3.63) is 47.2 Å². The summed E-state index contributed by atoms with van der Waals surface area (Å²) in [6.45, 7) is 2.26. The van der Waals surface area contributed by atoms with Crippen LogP contribution in [0.2, 0.25) is 0 Å². The van der Waals surface area contributed by atoms with Crippen LogP contribution in [0.1, 0.15) is 26.2 Å². The molecule has 2 rings (SSSR count). The molecule has 0 radical (unpaired) electrons. The molecule has 1 heteroatoms. The summed E-state index contributed by atoms with van der Waals surface area (Å²) in [7, 11) is 0. The lowest BCUT2D eigenvalue weighted by molar-refractivity contribution is 0.692. The van der Waals surface area contributed by atoms with Crippen molar-refractivity contribution < 1.29 is 0 Å². The molecule has 0 saturated carbocycles. The van der Waals surface area contributed by atoms with Crippen molar-refractivity contribution in [1.29, 1.82) is 0 Å². The van der Waals surface area contributed by atoms with E-state index in [1.54, 1.807) is 0 Å². The minimum absolute atomic E-state index is 0.608. The molecule has 14 heavy (non-hydrogen) atoms. The van der Waals surface area contributed by atoms with Gasteiger partial charge in [0.2, 0.25) is 0 Å². The van der Waals surface area contributed by atoms with Crippen LogP contribution < -0.4 is 5.73 Å². The Morgan fingerprint density at radius 3 is 2.93 bits per heavy atom. The number of nitrogens with two attached hydrogens (primary N) is 1. The van der Waals surface area contributed by atoms with Gasteiger partial charge in [-0.15, -0.1) is 0 Å². The van der Waals surface area contributed by atoms with Gasteiger partial charge in [0.1, 0.15) is 0 Å². The first-order valence-corrected chi connectivity index (χ1v) is 5.31. The quantitative estimate of drug-likeness (QED) is 0.670. The zero-order valence-corrected chi connectivity index (χ0v) is 8.66. The highest BCUT2D eigenvalue weighted by atomic mass is 14.6. The molecular weight excluding hydrogens is 170 g/mol. The van der Waals surface area contributed by atoms with Gasteiger partial charge in [0.15, 0.2) is 0 Å². The lowest BCUT2D eigenvalue weighted by Crippen LogP contribution is -2.11. The maximum atomic E-state index is 6.04.